The second kappa shape index (κ2) is 6.65. The topological polar surface area (TPSA) is 72.2 Å². The van der Waals surface area contributed by atoms with Crippen LogP contribution in [-0.2, 0) is 10.0 Å². The lowest BCUT2D eigenvalue weighted by molar-refractivity contribution is 0.580. The van der Waals surface area contributed by atoms with Crippen LogP contribution >= 0.6 is 23.4 Å². The second-order valence-corrected chi connectivity index (χ2v) is 7.01. The highest BCUT2D eigenvalue weighted by atomic mass is 35.5. The molecule has 0 atom stereocenters. The fourth-order valence-electron chi connectivity index (χ4n) is 1.46. The second-order valence-electron chi connectivity index (χ2n) is 3.88. The van der Waals surface area contributed by atoms with E-state index in [0.29, 0.717) is 17.1 Å². The molecule has 0 aliphatic rings. The number of thioether (sulfide) groups is 1. The third-order valence-electron chi connectivity index (χ3n) is 2.40. The molecule has 102 valence electrons. The molecule has 4 nitrogen and oxygen atoms in total. The summed E-state index contributed by atoms with van der Waals surface area (Å²) in [6, 6.07) is 2.96. The summed E-state index contributed by atoms with van der Waals surface area (Å²) >= 11 is 7.52. The summed E-state index contributed by atoms with van der Waals surface area (Å²) in [7, 11) is -3.51. The molecule has 0 unspecified atom stereocenters. The van der Waals surface area contributed by atoms with Gasteiger partial charge in [0.05, 0.1) is 15.6 Å². The van der Waals surface area contributed by atoms with E-state index < -0.39 is 10.0 Å². The van der Waals surface area contributed by atoms with Crippen molar-refractivity contribution in [3.63, 3.8) is 0 Å². The molecule has 0 aliphatic heterocycles. The Hall–Kier alpha value is -0.430. The number of nitrogens with two attached hydrogens (primary N) is 1. The van der Waals surface area contributed by atoms with Gasteiger partial charge in [-0.25, -0.2) is 13.1 Å². The van der Waals surface area contributed by atoms with E-state index >= 15 is 0 Å². The van der Waals surface area contributed by atoms with E-state index in [1.165, 1.54) is 6.07 Å². The summed E-state index contributed by atoms with van der Waals surface area (Å²) in [6.07, 6.45) is 2.78. The molecule has 7 heteroatoms. The molecule has 0 aliphatic carbocycles. The number of rotatable bonds is 6. The predicted octanol–water partition coefficient (Wildman–Crippen LogP) is 2.26. The number of anilines is 1. The molecule has 1 aromatic rings. The van der Waals surface area contributed by atoms with Gasteiger partial charge in [0.2, 0.25) is 10.0 Å². The van der Waals surface area contributed by atoms with Crippen LogP contribution in [0.15, 0.2) is 17.0 Å². The molecule has 0 saturated carbocycles. The van der Waals surface area contributed by atoms with Crippen LogP contribution in [0.3, 0.4) is 0 Å². The Bertz CT molecular complexity index is 518. The molecule has 0 spiro atoms. The molecule has 3 N–H and O–H groups in total. The van der Waals surface area contributed by atoms with Crippen LogP contribution in [-0.4, -0.2) is 27.0 Å². The summed E-state index contributed by atoms with van der Waals surface area (Å²) in [5, 5.41) is 0.369. The van der Waals surface area contributed by atoms with Crippen LogP contribution in [0, 0.1) is 6.92 Å². The normalized spacial score (nSPS) is 11.7. The van der Waals surface area contributed by atoms with Gasteiger partial charge < -0.3 is 5.73 Å². The minimum atomic E-state index is -3.51. The minimum absolute atomic E-state index is 0.188. The zero-order chi connectivity index (χ0) is 13.8. The van der Waals surface area contributed by atoms with Crippen molar-refractivity contribution in [2.24, 2.45) is 0 Å². The highest BCUT2D eigenvalue weighted by Gasteiger charge is 2.17. The van der Waals surface area contributed by atoms with Crippen molar-refractivity contribution in [2.75, 3.05) is 24.3 Å². The van der Waals surface area contributed by atoms with E-state index in [9.17, 15) is 8.42 Å². The maximum absolute atomic E-state index is 12.1. The first-order chi connectivity index (χ1) is 8.38. The number of sulfonamides is 1. The zero-order valence-electron chi connectivity index (χ0n) is 10.4. The van der Waals surface area contributed by atoms with Crippen molar-refractivity contribution < 1.29 is 8.42 Å². The molecule has 0 radical (unpaired) electrons. The van der Waals surface area contributed by atoms with Crippen LogP contribution in [0.1, 0.15) is 12.0 Å². The molecule has 0 heterocycles. The first-order valence-electron chi connectivity index (χ1n) is 5.42. The summed E-state index contributed by atoms with van der Waals surface area (Å²) in [5.74, 6) is 0.921. The number of nitrogens with one attached hydrogen (secondary N) is 1. The van der Waals surface area contributed by atoms with E-state index in [2.05, 4.69) is 4.72 Å². The molecular weight excluding hydrogens is 292 g/mol. The first-order valence-corrected chi connectivity index (χ1v) is 8.68. The molecule has 0 bridgehead atoms. The predicted molar refractivity (Wildman–Crippen MR) is 78.8 cm³/mol. The Morgan fingerprint density at radius 3 is 2.72 bits per heavy atom. The van der Waals surface area contributed by atoms with Gasteiger partial charge in [0, 0.05) is 6.54 Å². The molecule has 0 fully saturated rings. The quantitative estimate of drug-likeness (QED) is 0.624. The molecule has 18 heavy (non-hydrogen) atoms. The summed E-state index contributed by atoms with van der Waals surface area (Å²) in [6.45, 7) is 2.12. The van der Waals surface area contributed by atoms with Crippen LogP contribution < -0.4 is 10.5 Å². The average Bonchev–Trinajstić information content (AvgIpc) is 2.29. The lowest BCUT2D eigenvalue weighted by Gasteiger charge is -2.10. The Labute approximate surface area is 117 Å². The van der Waals surface area contributed by atoms with Crippen LogP contribution in [0.2, 0.25) is 5.02 Å². The molecule has 1 aromatic carbocycles. The van der Waals surface area contributed by atoms with Crippen molar-refractivity contribution in [3.05, 3.63) is 22.7 Å². The first kappa shape index (κ1) is 15.6. The van der Waals surface area contributed by atoms with Crippen LogP contribution in [0.4, 0.5) is 5.69 Å². The Morgan fingerprint density at radius 1 is 1.44 bits per heavy atom. The Balaban J connectivity index is 2.88. The third kappa shape index (κ3) is 4.05. The van der Waals surface area contributed by atoms with Crippen molar-refractivity contribution in [3.8, 4) is 0 Å². The third-order valence-corrected chi connectivity index (χ3v) is 5.03. The lowest BCUT2D eigenvalue weighted by Crippen LogP contribution is -2.26. The monoisotopic (exact) mass is 308 g/mol. The maximum Gasteiger partial charge on any atom is 0.240 e. The number of benzene rings is 1. The van der Waals surface area contributed by atoms with E-state index in [1.807, 2.05) is 6.26 Å². The van der Waals surface area contributed by atoms with E-state index in [4.69, 9.17) is 17.3 Å². The van der Waals surface area contributed by atoms with E-state index in [-0.39, 0.29) is 10.6 Å². The molecule has 0 saturated heterocycles. The van der Waals surface area contributed by atoms with Crippen molar-refractivity contribution >= 4 is 39.1 Å². The van der Waals surface area contributed by atoms with Crippen molar-refractivity contribution in [1.29, 1.82) is 0 Å². The van der Waals surface area contributed by atoms with Gasteiger partial charge in [-0.05, 0) is 43.0 Å². The standard InChI is InChI=1S/C11H17ClN2O2S2/c1-8-6-9(12)10(13)7-11(8)18(15,16)14-4-3-5-17-2/h6-7,14H,3-5,13H2,1-2H3. The van der Waals surface area contributed by atoms with Crippen molar-refractivity contribution in [1.82, 2.24) is 4.72 Å². The largest absolute Gasteiger partial charge is 0.397 e. The molecular formula is C11H17ClN2O2S2. The average molecular weight is 309 g/mol. The minimum Gasteiger partial charge on any atom is -0.397 e. The van der Waals surface area contributed by atoms with Gasteiger partial charge in [-0.2, -0.15) is 11.8 Å². The zero-order valence-corrected chi connectivity index (χ0v) is 12.8. The number of halogens is 1. The molecule has 1 rings (SSSR count). The molecule has 0 amide bonds. The van der Waals surface area contributed by atoms with Gasteiger partial charge >= 0.3 is 0 Å². The summed E-state index contributed by atoms with van der Waals surface area (Å²) in [5.41, 5.74) is 6.49. The van der Waals surface area contributed by atoms with E-state index in [0.717, 1.165) is 12.2 Å². The SMILES string of the molecule is CSCCCNS(=O)(=O)c1cc(N)c(Cl)cc1C. The van der Waals surface area contributed by atoms with Gasteiger partial charge in [0.1, 0.15) is 0 Å². The Morgan fingerprint density at radius 2 is 2.11 bits per heavy atom. The van der Waals surface area contributed by atoms with Crippen LogP contribution in [0.5, 0.6) is 0 Å². The van der Waals surface area contributed by atoms with Gasteiger partial charge in [0.15, 0.2) is 0 Å². The fraction of sp³-hybridized carbons (Fsp3) is 0.455. The van der Waals surface area contributed by atoms with Gasteiger partial charge in [0.25, 0.3) is 0 Å². The fourth-order valence-corrected chi connectivity index (χ4v) is 3.44. The highest BCUT2D eigenvalue weighted by molar-refractivity contribution is 7.98. The van der Waals surface area contributed by atoms with Gasteiger partial charge in [-0.15, -0.1) is 0 Å². The highest BCUT2D eigenvalue weighted by Crippen LogP contribution is 2.25. The maximum atomic E-state index is 12.1. The van der Waals surface area contributed by atoms with E-state index in [1.54, 1.807) is 24.8 Å². The number of nitrogen functional groups attached to an aromatic ring is 1. The number of aryl methyl sites for hydroxylation is 1. The van der Waals surface area contributed by atoms with Crippen LogP contribution in [0.25, 0.3) is 0 Å². The smallest absolute Gasteiger partial charge is 0.240 e. The van der Waals surface area contributed by atoms with Gasteiger partial charge in [-0.1, -0.05) is 11.6 Å². The summed E-state index contributed by atoms with van der Waals surface area (Å²) in [4.78, 5) is 0.188. The van der Waals surface area contributed by atoms with Gasteiger partial charge in [-0.3, -0.25) is 0 Å². The molecule has 0 aromatic heterocycles. The number of hydrogen-bond acceptors (Lipinski definition) is 4. The lowest BCUT2D eigenvalue weighted by atomic mass is 10.2. The number of hydrogen-bond donors (Lipinski definition) is 2. The van der Waals surface area contributed by atoms with Crippen molar-refractivity contribution in [2.45, 2.75) is 18.2 Å². The summed E-state index contributed by atoms with van der Waals surface area (Å²) < 4.78 is 26.7. The Kier molecular flexibility index (Phi) is 5.78.